The van der Waals surface area contributed by atoms with Crippen LogP contribution >= 0.6 is 0 Å². The molecule has 0 aliphatic carbocycles. The first-order valence-corrected chi connectivity index (χ1v) is 5.23. The Balaban J connectivity index is 2.50. The van der Waals surface area contributed by atoms with Crippen LogP contribution < -0.4 is 4.74 Å². The highest BCUT2D eigenvalue weighted by Crippen LogP contribution is 2.34. The van der Waals surface area contributed by atoms with Crippen molar-refractivity contribution < 1.29 is 19.4 Å². The number of H-pyrrole nitrogens is 1. The predicted octanol–water partition coefficient (Wildman–Crippen LogP) is 2.06. The van der Waals surface area contributed by atoms with Gasteiger partial charge in [-0.05, 0) is 25.1 Å². The molecule has 17 heavy (non-hydrogen) atoms. The van der Waals surface area contributed by atoms with E-state index >= 15 is 0 Å². The van der Waals surface area contributed by atoms with Crippen LogP contribution in [0.3, 0.4) is 0 Å². The zero-order valence-corrected chi connectivity index (χ0v) is 9.61. The number of phenolic OH excluding ortho intramolecular Hbond substituents is 1. The number of nitrogens with one attached hydrogen (secondary N) is 1. The molecule has 0 radical (unpaired) electrons. The van der Waals surface area contributed by atoms with Gasteiger partial charge in [0.2, 0.25) is 0 Å². The highest BCUT2D eigenvalue weighted by atomic mass is 16.5. The number of aromatic amines is 1. The number of fused-ring (bicyclic) bond motifs is 1. The molecule has 2 N–H and O–H groups in total. The topological polar surface area (TPSA) is 71.6 Å². The fraction of sp³-hybridized carbons (Fsp3) is 0.250. The minimum Gasteiger partial charge on any atom is -0.504 e. The molecule has 0 aliphatic rings. The van der Waals surface area contributed by atoms with Gasteiger partial charge in [-0.3, -0.25) is 0 Å². The second-order valence-electron chi connectivity index (χ2n) is 3.48. The van der Waals surface area contributed by atoms with E-state index in [4.69, 9.17) is 9.47 Å². The number of aromatic hydroxyl groups is 1. The number of benzene rings is 1. The fourth-order valence-corrected chi connectivity index (χ4v) is 1.65. The molecule has 0 unspecified atom stereocenters. The number of phenols is 1. The number of carbonyl (C=O) groups excluding carboxylic acids is 1. The Morgan fingerprint density at radius 3 is 2.88 bits per heavy atom. The summed E-state index contributed by atoms with van der Waals surface area (Å²) in [7, 11) is 1.47. The number of esters is 1. The van der Waals surface area contributed by atoms with Crippen molar-refractivity contribution in [1.82, 2.24) is 4.98 Å². The summed E-state index contributed by atoms with van der Waals surface area (Å²) in [6.45, 7) is 2.05. The van der Waals surface area contributed by atoms with E-state index in [1.807, 2.05) is 0 Å². The van der Waals surface area contributed by atoms with Gasteiger partial charge in [0, 0.05) is 5.39 Å². The molecule has 1 heterocycles. The fourth-order valence-electron chi connectivity index (χ4n) is 1.65. The molecule has 1 aromatic carbocycles. The van der Waals surface area contributed by atoms with Gasteiger partial charge in [0.15, 0.2) is 11.5 Å². The van der Waals surface area contributed by atoms with Gasteiger partial charge in [-0.2, -0.15) is 0 Å². The lowest BCUT2D eigenvalue weighted by molar-refractivity contribution is 0.0520. The third-order valence-corrected chi connectivity index (χ3v) is 2.45. The van der Waals surface area contributed by atoms with Gasteiger partial charge < -0.3 is 19.6 Å². The molecule has 2 rings (SSSR count). The molecule has 0 atom stereocenters. The van der Waals surface area contributed by atoms with Crippen molar-refractivity contribution in [2.45, 2.75) is 6.92 Å². The third-order valence-electron chi connectivity index (χ3n) is 2.45. The first kappa shape index (κ1) is 11.3. The second kappa shape index (κ2) is 4.37. The zero-order valence-electron chi connectivity index (χ0n) is 9.61. The maximum atomic E-state index is 11.5. The van der Waals surface area contributed by atoms with Gasteiger partial charge in [0.1, 0.15) is 5.69 Å². The SMILES string of the molecule is CCOC(=O)c1cc2c(O)c(OC)ccc2[nH]1. The van der Waals surface area contributed by atoms with E-state index < -0.39 is 5.97 Å². The van der Waals surface area contributed by atoms with Gasteiger partial charge in [-0.15, -0.1) is 0 Å². The Morgan fingerprint density at radius 1 is 1.47 bits per heavy atom. The van der Waals surface area contributed by atoms with E-state index in [9.17, 15) is 9.90 Å². The number of hydrogen-bond acceptors (Lipinski definition) is 4. The smallest absolute Gasteiger partial charge is 0.354 e. The molecule has 0 saturated heterocycles. The van der Waals surface area contributed by atoms with Crippen molar-refractivity contribution in [3.05, 3.63) is 23.9 Å². The van der Waals surface area contributed by atoms with Crippen LogP contribution in [-0.4, -0.2) is 29.8 Å². The van der Waals surface area contributed by atoms with E-state index in [0.29, 0.717) is 29.0 Å². The summed E-state index contributed by atoms with van der Waals surface area (Å²) in [4.78, 5) is 14.4. The molecular formula is C12H13NO4. The molecule has 2 aromatic rings. The molecular weight excluding hydrogens is 222 g/mol. The number of carbonyl (C=O) groups is 1. The van der Waals surface area contributed by atoms with Crippen molar-refractivity contribution in [1.29, 1.82) is 0 Å². The van der Waals surface area contributed by atoms with Crippen molar-refractivity contribution in [2.24, 2.45) is 0 Å². The highest BCUT2D eigenvalue weighted by Gasteiger charge is 2.14. The van der Waals surface area contributed by atoms with Crippen LogP contribution in [0.4, 0.5) is 0 Å². The van der Waals surface area contributed by atoms with Crippen LogP contribution in [0, 0.1) is 0 Å². The first-order chi connectivity index (χ1) is 8.17. The van der Waals surface area contributed by atoms with Crippen molar-refractivity contribution in [3.63, 3.8) is 0 Å². The van der Waals surface area contributed by atoms with E-state index in [1.165, 1.54) is 7.11 Å². The molecule has 0 saturated carbocycles. The summed E-state index contributed by atoms with van der Waals surface area (Å²) in [5.41, 5.74) is 0.969. The first-order valence-electron chi connectivity index (χ1n) is 5.23. The van der Waals surface area contributed by atoms with E-state index in [0.717, 1.165) is 0 Å². The summed E-state index contributed by atoms with van der Waals surface area (Å²) >= 11 is 0. The summed E-state index contributed by atoms with van der Waals surface area (Å²) in [5.74, 6) is -0.0641. The molecule has 0 spiro atoms. The Kier molecular flexibility index (Phi) is 2.91. The minimum absolute atomic E-state index is 0.0109. The summed E-state index contributed by atoms with van der Waals surface area (Å²) in [5, 5.41) is 10.4. The van der Waals surface area contributed by atoms with Crippen LogP contribution in [0.25, 0.3) is 10.9 Å². The van der Waals surface area contributed by atoms with Gasteiger partial charge in [0.25, 0.3) is 0 Å². The number of ether oxygens (including phenoxy) is 2. The Bertz CT molecular complexity index is 559. The van der Waals surface area contributed by atoms with Crippen LogP contribution in [0.5, 0.6) is 11.5 Å². The standard InChI is InChI=1S/C12H13NO4/c1-3-17-12(15)9-6-7-8(13-9)4-5-10(16-2)11(7)14/h4-6,13-14H,3H2,1-2H3. The summed E-state index contributed by atoms with van der Waals surface area (Å²) in [6, 6.07) is 4.91. The summed E-state index contributed by atoms with van der Waals surface area (Å²) < 4.78 is 9.86. The van der Waals surface area contributed by atoms with Gasteiger partial charge >= 0.3 is 5.97 Å². The largest absolute Gasteiger partial charge is 0.504 e. The highest BCUT2D eigenvalue weighted by molar-refractivity contribution is 5.97. The van der Waals surface area contributed by atoms with E-state index in [-0.39, 0.29) is 5.75 Å². The Morgan fingerprint density at radius 2 is 2.24 bits per heavy atom. The lowest BCUT2D eigenvalue weighted by Crippen LogP contribution is -2.04. The van der Waals surface area contributed by atoms with Gasteiger partial charge in [-0.1, -0.05) is 0 Å². The third kappa shape index (κ3) is 1.91. The molecule has 5 nitrogen and oxygen atoms in total. The zero-order chi connectivity index (χ0) is 12.4. The summed E-state index contributed by atoms with van der Waals surface area (Å²) in [6.07, 6.45) is 0. The van der Waals surface area contributed by atoms with E-state index in [2.05, 4.69) is 4.98 Å². The minimum atomic E-state index is -0.443. The monoisotopic (exact) mass is 235 g/mol. The van der Waals surface area contributed by atoms with Crippen molar-refractivity contribution in [2.75, 3.05) is 13.7 Å². The predicted molar refractivity (Wildman–Crippen MR) is 62.5 cm³/mol. The van der Waals surface area contributed by atoms with Crippen LogP contribution in [0.1, 0.15) is 17.4 Å². The number of hydrogen-bond donors (Lipinski definition) is 2. The Labute approximate surface area is 98.0 Å². The van der Waals surface area contributed by atoms with Gasteiger partial charge in [0.05, 0.1) is 19.2 Å². The molecule has 90 valence electrons. The van der Waals surface area contributed by atoms with Crippen LogP contribution in [-0.2, 0) is 4.74 Å². The van der Waals surface area contributed by atoms with Crippen molar-refractivity contribution in [3.8, 4) is 11.5 Å². The Hall–Kier alpha value is -2.17. The lowest BCUT2D eigenvalue weighted by Gasteiger charge is -2.02. The molecule has 5 heteroatoms. The van der Waals surface area contributed by atoms with Crippen LogP contribution in [0.2, 0.25) is 0 Å². The maximum Gasteiger partial charge on any atom is 0.354 e. The molecule has 0 amide bonds. The van der Waals surface area contributed by atoms with Crippen molar-refractivity contribution >= 4 is 16.9 Å². The second-order valence-corrected chi connectivity index (χ2v) is 3.48. The average Bonchev–Trinajstić information content (AvgIpc) is 2.75. The van der Waals surface area contributed by atoms with E-state index in [1.54, 1.807) is 25.1 Å². The molecule has 1 aromatic heterocycles. The number of aromatic nitrogens is 1. The number of rotatable bonds is 3. The molecule has 0 fully saturated rings. The normalized spacial score (nSPS) is 10.5. The molecule has 0 bridgehead atoms. The molecule has 0 aliphatic heterocycles. The van der Waals surface area contributed by atoms with Crippen LogP contribution in [0.15, 0.2) is 18.2 Å². The quantitative estimate of drug-likeness (QED) is 0.799. The maximum absolute atomic E-state index is 11.5. The number of methoxy groups -OCH3 is 1. The lowest BCUT2D eigenvalue weighted by atomic mass is 10.2. The average molecular weight is 235 g/mol. The van der Waals surface area contributed by atoms with Gasteiger partial charge in [-0.25, -0.2) is 4.79 Å².